The highest BCUT2D eigenvalue weighted by Gasteiger charge is 2.33. The van der Waals surface area contributed by atoms with Gasteiger partial charge in [0.15, 0.2) is 0 Å². The average Bonchev–Trinajstić information content (AvgIpc) is 3.19. The van der Waals surface area contributed by atoms with Gasteiger partial charge in [0.25, 0.3) is 0 Å². The van der Waals surface area contributed by atoms with Gasteiger partial charge in [-0.2, -0.15) is 0 Å². The van der Waals surface area contributed by atoms with Crippen molar-refractivity contribution in [2.75, 3.05) is 0 Å². The Morgan fingerprint density at radius 3 is 2.67 bits per heavy atom. The third-order valence-electron chi connectivity index (χ3n) is 4.02. The predicted molar refractivity (Wildman–Crippen MR) is 87.4 cm³/mol. The molecule has 2 aromatic rings. The summed E-state index contributed by atoms with van der Waals surface area (Å²) in [6.07, 6.45) is 3.87. The lowest BCUT2D eigenvalue weighted by atomic mass is 10.0. The van der Waals surface area contributed by atoms with E-state index in [2.05, 4.69) is 48.0 Å². The van der Waals surface area contributed by atoms with E-state index in [4.69, 9.17) is 0 Å². The van der Waals surface area contributed by atoms with Crippen LogP contribution in [0.3, 0.4) is 0 Å². The molecule has 0 spiro atoms. The molecule has 3 heteroatoms. The van der Waals surface area contributed by atoms with Crippen molar-refractivity contribution in [1.82, 2.24) is 5.32 Å². The van der Waals surface area contributed by atoms with Gasteiger partial charge in [0, 0.05) is 11.3 Å². The first-order valence-electron chi connectivity index (χ1n) is 7.60. The lowest BCUT2D eigenvalue weighted by Crippen LogP contribution is -2.30. The second kappa shape index (κ2) is 6.44. The van der Waals surface area contributed by atoms with Crippen molar-refractivity contribution >= 4 is 17.2 Å². The number of carbonyl (C=O) groups excluding carboxylic acids is 1. The molecule has 1 aromatic heterocycles. The van der Waals surface area contributed by atoms with Gasteiger partial charge < -0.3 is 5.32 Å². The molecule has 0 aliphatic heterocycles. The molecule has 0 bridgehead atoms. The van der Waals surface area contributed by atoms with E-state index in [0.717, 1.165) is 6.42 Å². The molecule has 110 valence electrons. The number of carbonyl (C=O) groups is 1. The number of hydrogen-bond donors (Lipinski definition) is 1. The zero-order valence-corrected chi connectivity index (χ0v) is 13.2. The second-order valence-electron chi connectivity index (χ2n) is 5.87. The molecule has 1 unspecified atom stereocenters. The minimum absolute atomic E-state index is 0.167. The first kappa shape index (κ1) is 14.3. The van der Waals surface area contributed by atoms with Crippen LogP contribution in [0.5, 0.6) is 0 Å². The topological polar surface area (TPSA) is 29.1 Å². The third kappa shape index (κ3) is 3.94. The highest BCUT2D eigenvalue weighted by atomic mass is 32.1. The van der Waals surface area contributed by atoms with Crippen LogP contribution in [0, 0.1) is 12.8 Å². The van der Waals surface area contributed by atoms with Crippen molar-refractivity contribution in [3.63, 3.8) is 0 Å². The first-order chi connectivity index (χ1) is 10.2. The Balaban J connectivity index is 1.59. The van der Waals surface area contributed by atoms with E-state index in [1.807, 2.05) is 6.07 Å². The maximum atomic E-state index is 12.2. The van der Waals surface area contributed by atoms with Crippen molar-refractivity contribution < 1.29 is 4.79 Å². The van der Waals surface area contributed by atoms with E-state index in [1.165, 1.54) is 28.8 Å². The van der Waals surface area contributed by atoms with Crippen LogP contribution in [-0.2, 0) is 11.2 Å². The van der Waals surface area contributed by atoms with E-state index in [0.29, 0.717) is 12.3 Å². The Morgan fingerprint density at radius 2 is 2.05 bits per heavy atom. The smallest absolute Gasteiger partial charge is 0.220 e. The van der Waals surface area contributed by atoms with Gasteiger partial charge in [0.2, 0.25) is 5.91 Å². The van der Waals surface area contributed by atoms with Gasteiger partial charge in [0.05, 0.1) is 6.04 Å². The lowest BCUT2D eigenvalue weighted by molar-refractivity contribution is -0.122. The molecule has 1 aliphatic carbocycles. The normalized spacial score (nSPS) is 15.7. The molecule has 1 aliphatic rings. The molecule has 0 saturated heterocycles. The first-order valence-corrected chi connectivity index (χ1v) is 8.48. The second-order valence-corrected chi connectivity index (χ2v) is 6.90. The Bertz CT molecular complexity index is 584. The van der Waals surface area contributed by atoms with Gasteiger partial charge in [-0.3, -0.25) is 4.79 Å². The molecule has 1 fully saturated rings. The van der Waals surface area contributed by atoms with Gasteiger partial charge in [-0.25, -0.2) is 0 Å². The van der Waals surface area contributed by atoms with Crippen LogP contribution < -0.4 is 5.32 Å². The molecular formula is C18H21NOS. The zero-order valence-electron chi connectivity index (χ0n) is 12.3. The van der Waals surface area contributed by atoms with Crippen LogP contribution in [-0.4, -0.2) is 5.91 Å². The van der Waals surface area contributed by atoms with Crippen molar-refractivity contribution in [1.29, 1.82) is 0 Å². The number of nitrogens with one attached hydrogen (secondary N) is 1. The summed E-state index contributed by atoms with van der Waals surface area (Å²) in [4.78, 5) is 13.5. The van der Waals surface area contributed by atoms with Crippen LogP contribution in [0.2, 0.25) is 0 Å². The van der Waals surface area contributed by atoms with Gasteiger partial charge in [-0.15, -0.1) is 11.3 Å². The van der Waals surface area contributed by atoms with Crippen molar-refractivity contribution in [3.05, 3.63) is 57.8 Å². The fraction of sp³-hybridized carbons (Fsp3) is 0.389. The van der Waals surface area contributed by atoms with Crippen LogP contribution in [0.4, 0.5) is 0 Å². The van der Waals surface area contributed by atoms with E-state index >= 15 is 0 Å². The van der Waals surface area contributed by atoms with Crippen LogP contribution >= 0.6 is 11.3 Å². The monoisotopic (exact) mass is 299 g/mol. The number of amides is 1. The molecule has 1 atom stereocenters. The molecule has 3 rings (SSSR count). The number of rotatable bonds is 6. The van der Waals surface area contributed by atoms with Crippen molar-refractivity contribution in [3.8, 4) is 0 Å². The Morgan fingerprint density at radius 1 is 1.29 bits per heavy atom. The van der Waals surface area contributed by atoms with Crippen LogP contribution in [0.15, 0.2) is 41.8 Å². The summed E-state index contributed by atoms with van der Waals surface area (Å²) < 4.78 is 0. The summed E-state index contributed by atoms with van der Waals surface area (Å²) in [5.41, 5.74) is 2.50. The van der Waals surface area contributed by atoms with Crippen LogP contribution in [0.1, 0.15) is 41.3 Å². The number of hydrogen-bond acceptors (Lipinski definition) is 2. The quantitative estimate of drug-likeness (QED) is 0.848. The molecule has 1 aromatic carbocycles. The summed E-state index contributed by atoms with van der Waals surface area (Å²) >= 11 is 1.72. The summed E-state index contributed by atoms with van der Waals surface area (Å²) in [5.74, 6) is 0.791. The van der Waals surface area contributed by atoms with E-state index in [-0.39, 0.29) is 11.9 Å². The van der Waals surface area contributed by atoms with Crippen LogP contribution in [0.25, 0.3) is 0 Å². The fourth-order valence-corrected chi connectivity index (χ4v) is 3.32. The molecule has 0 radical (unpaired) electrons. The average molecular weight is 299 g/mol. The SMILES string of the molecule is Cc1ccc(C(NC(=O)CCc2cccs2)C2CC2)cc1. The van der Waals surface area contributed by atoms with Gasteiger partial charge in [-0.1, -0.05) is 35.9 Å². The summed E-state index contributed by atoms with van der Waals surface area (Å²) in [6, 6.07) is 12.9. The molecule has 1 saturated carbocycles. The summed E-state index contributed by atoms with van der Waals surface area (Å²) in [7, 11) is 0. The van der Waals surface area contributed by atoms with E-state index < -0.39 is 0 Å². The standard InChI is InChI=1S/C18H21NOS/c1-13-4-6-14(7-5-13)18(15-8-9-15)19-17(20)11-10-16-3-2-12-21-16/h2-7,12,15,18H,8-11H2,1H3,(H,19,20). The highest BCUT2D eigenvalue weighted by Crippen LogP contribution is 2.41. The van der Waals surface area contributed by atoms with Crippen molar-refractivity contribution in [2.45, 2.75) is 38.6 Å². The summed E-state index contributed by atoms with van der Waals surface area (Å²) in [5, 5.41) is 5.30. The summed E-state index contributed by atoms with van der Waals surface area (Å²) in [6.45, 7) is 2.09. The Hall–Kier alpha value is -1.61. The number of aryl methyl sites for hydroxylation is 2. The zero-order chi connectivity index (χ0) is 14.7. The highest BCUT2D eigenvalue weighted by molar-refractivity contribution is 7.09. The lowest BCUT2D eigenvalue weighted by Gasteiger charge is -2.19. The molecular weight excluding hydrogens is 278 g/mol. The Kier molecular flexibility index (Phi) is 4.39. The largest absolute Gasteiger partial charge is 0.349 e. The number of thiophene rings is 1. The maximum Gasteiger partial charge on any atom is 0.220 e. The van der Waals surface area contributed by atoms with E-state index in [9.17, 15) is 4.79 Å². The minimum atomic E-state index is 0.167. The third-order valence-corrected chi connectivity index (χ3v) is 4.96. The van der Waals surface area contributed by atoms with Gasteiger partial charge >= 0.3 is 0 Å². The van der Waals surface area contributed by atoms with E-state index in [1.54, 1.807) is 11.3 Å². The maximum absolute atomic E-state index is 12.2. The minimum Gasteiger partial charge on any atom is -0.349 e. The molecule has 21 heavy (non-hydrogen) atoms. The van der Waals surface area contributed by atoms with Gasteiger partial charge in [-0.05, 0) is 49.1 Å². The van der Waals surface area contributed by atoms with Gasteiger partial charge in [0.1, 0.15) is 0 Å². The molecule has 1 N–H and O–H groups in total. The Labute approximate surface area is 130 Å². The fourth-order valence-electron chi connectivity index (χ4n) is 2.61. The molecule has 1 amide bonds. The molecule has 1 heterocycles. The number of benzene rings is 1. The molecule has 2 nitrogen and oxygen atoms in total. The van der Waals surface area contributed by atoms with Crippen molar-refractivity contribution in [2.24, 2.45) is 5.92 Å². The predicted octanol–water partition coefficient (Wildman–Crippen LogP) is 4.26.